The number of ether oxygens (including phenoxy) is 1. The summed E-state index contributed by atoms with van der Waals surface area (Å²) in [5.74, 6) is -1.95. The molecular formula is C21H21Cl2F3N2O4. The van der Waals surface area contributed by atoms with Crippen molar-refractivity contribution < 1.29 is 32.6 Å². The van der Waals surface area contributed by atoms with Gasteiger partial charge in [0.05, 0.1) is 15.6 Å². The first-order chi connectivity index (χ1) is 14.9. The summed E-state index contributed by atoms with van der Waals surface area (Å²) >= 11 is 12.3. The first-order valence-corrected chi connectivity index (χ1v) is 10.3. The van der Waals surface area contributed by atoms with E-state index in [-0.39, 0.29) is 39.6 Å². The molecule has 0 aliphatic carbocycles. The van der Waals surface area contributed by atoms with Crippen LogP contribution in [0.5, 0.6) is 5.75 Å². The van der Waals surface area contributed by atoms with Crippen molar-refractivity contribution in [2.75, 3.05) is 11.9 Å². The van der Waals surface area contributed by atoms with E-state index in [4.69, 9.17) is 33.0 Å². The molecule has 0 saturated carbocycles. The molecule has 0 fully saturated rings. The van der Waals surface area contributed by atoms with Crippen molar-refractivity contribution in [1.29, 1.82) is 0 Å². The van der Waals surface area contributed by atoms with Gasteiger partial charge in [0.15, 0.2) is 5.75 Å². The molecule has 1 atom stereocenters. The molecule has 11 heteroatoms. The zero-order valence-electron chi connectivity index (χ0n) is 17.1. The van der Waals surface area contributed by atoms with Crippen LogP contribution in [0.2, 0.25) is 10.0 Å². The van der Waals surface area contributed by atoms with Crippen molar-refractivity contribution in [2.24, 2.45) is 0 Å². The van der Waals surface area contributed by atoms with Gasteiger partial charge in [0.25, 0.3) is 5.91 Å². The number of hydrogen-bond donors (Lipinski definition) is 3. The largest absolute Gasteiger partial charge is 0.486 e. The Morgan fingerprint density at radius 1 is 1.12 bits per heavy atom. The number of benzene rings is 2. The maximum Gasteiger partial charge on any atom is 0.416 e. The molecule has 2 aromatic rings. The number of carboxylic acid groups (broad SMARTS) is 1. The first kappa shape index (κ1) is 25.6. The Balaban J connectivity index is 2.24. The highest BCUT2D eigenvalue weighted by molar-refractivity contribution is 6.37. The summed E-state index contributed by atoms with van der Waals surface area (Å²) in [6, 6.07) is 5.95. The molecule has 32 heavy (non-hydrogen) atoms. The van der Waals surface area contributed by atoms with Crippen LogP contribution in [-0.4, -0.2) is 29.6 Å². The molecule has 0 spiro atoms. The summed E-state index contributed by atoms with van der Waals surface area (Å²) in [5.41, 5.74) is -0.281. The number of carboxylic acids is 1. The molecule has 0 aromatic heterocycles. The lowest BCUT2D eigenvalue weighted by Crippen LogP contribution is -2.29. The van der Waals surface area contributed by atoms with Crippen molar-refractivity contribution >= 4 is 40.8 Å². The smallest absolute Gasteiger partial charge is 0.416 e. The molecule has 2 rings (SSSR count). The third kappa shape index (κ3) is 7.20. The second-order valence-electron chi connectivity index (χ2n) is 7.00. The predicted octanol–water partition coefficient (Wildman–Crippen LogP) is 5.62. The number of halogens is 5. The molecule has 2 aromatic carbocycles. The van der Waals surface area contributed by atoms with Crippen LogP contribution in [-0.2, 0) is 17.6 Å². The second-order valence-corrected chi connectivity index (χ2v) is 7.82. The molecule has 3 N–H and O–H groups in total. The van der Waals surface area contributed by atoms with E-state index in [0.29, 0.717) is 5.69 Å². The van der Waals surface area contributed by atoms with Crippen LogP contribution >= 0.6 is 23.2 Å². The standard InChI is InChI=1S/C21H21Cl2F3N2O4/c1-3-11(2)28-15-5-12(4-14(8-15)21(24,25)26)10-32-19-16(22)6-13(7-17(19)23)20(31)27-9-18(29)30/h4-8,11,28H,3,9-10H2,1-2H3,(H,27,31)(H,29,30). The van der Waals surface area contributed by atoms with Crippen LogP contribution in [0.1, 0.15) is 41.8 Å². The van der Waals surface area contributed by atoms with Crippen LogP contribution in [0.4, 0.5) is 18.9 Å². The van der Waals surface area contributed by atoms with E-state index in [2.05, 4.69) is 10.6 Å². The van der Waals surface area contributed by atoms with E-state index in [1.54, 1.807) is 0 Å². The van der Waals surface area contributed by atoms with Crippen LogP contribution in [0.25, 0.3) is 0 Å². The van der Waals surface area contributed by atoms with Gasteiger partial charge in [0.1, 0.15) is 13.2 Å². The topological polar surface area (TPSA) is 87.7 Å². The molecule has 0 radical (unpaired) electrons. The van der Waals surface area contributed by atoms with Crippen molar-refractivity contribution in [3.8, 4) is 5.75 Å². The summed E-state index contributed by atoms with van der Waals surface area (Å²) in [7, 11) is 0. The SMILES string of the molecule is CCC(C)Nc1cc(COc2c(Cl)cc(C(=O)NCC(=O)O)cc2Cl)cc(C(F)(F)F)c1. The van der Waals surface area contributed by atoms with Crippen molar-refractivity contribution in [2.45, 2.75) is 39.1 Å². The Morgan fingerprint density at radius 2 is 1.75 bits per heavy atom. The van der Waals surface area contributed by atoms with E-state index in [1.165, 1.54) is 18.2 Å². The highest BCUT2D eigenvalue weighted by Gasteiger charge is 2.31. The number of amides is 1. The molecule has 0 saturated heterocycles. The Bertz CT molecular complexity index is 976. The van der Waals surface area contributed by atoms with E-state index in [9.17, 15) is 22.8 Å². The molecule has 6 nitrogen and oxygen atoms in total. The first-order valence-electron chi connectivity index (χ1n) is 9.50. The van der Waals surface area contributed by atoms with Crippen LogP contribution < -0.4 is 15.4 Å². The Hall–Kier alpha value is -2.65. The van der Waals surface area contributed by atoms with Crippen molar-refractivity contribution in [1.82, 2.24) is 5.32 Å². The third-order valence-electron chi connectivity index (χ3n) is 4.39. The highest BCUT2D eigenvalue weighted by atomic mass is 35.5. The average molecular weight is 493 g/mol. The number of carbonyl (C=O) groups excluding carboxylic acids is 1. The number of hydrogen-bond acceptors (Lipinski definition) is 4. The molecular weight excluding hydrogens is 472 g/mol. The maximum absolute atomic E-state index is 13.3. The van der Waals surface area contributed by atoms with Gasteiger partial charge in [0, 0.05) is 17.3 Å². The number of aliphatic carboxylic acids is 1. The number of rotatable bonds is 9. The summed E-state index contributed by atoms with van der Waals surface area (Å²) < 4.78 is 45.5. The summed E-state index contributed by atoms with van der Waals surface area (Å²) in [4.78, 5) is 22.5. The minimum Gasteiger partial charge on any atom is -0.486 e. The second kappa shape index (κ2) is 10.8. The van der Waals surface area contributed by atoms with Gasteiger partial charge >= 0.3 is 12.1 Å². The summed E-state index contributed by atoms with van der Waals surface area (Å²) in [6.07, 6.45) is -3.82. The molecule has 174 valence electrons. The zero-order chi connectivity index (χ0) is 24.1. The van der Waals surface area contributed by atoms with Crippen molar-refractivity contribution in [3.63, 3.8) is 0 Å². The fourth-order valence-corrected chi connectivity index (χ4v) is 3.25. The number of nitrogens with one attached hydrogen (secondary N) is 2. The Kier molecular flexibility index (Phi) is 8.63. The molecule has 1 unspecified atom stereocenters. The minimum absolute atomic E-state index is 0.00714. The molecule has 0 bridgehead atoms. The van der Waals surface area contributed by atoms with Gasteiger partial charge in [0.2, 0.25) is 0 Å². The van der Waals surface area contributed by atoms with Crippen molar-refractivity contribution in [3.05, 3.63) is 57.1 Å². The molecule has 1 amide bonds. The van der Waals surface area contributed by atoms with E-state index < -0.39 is 30.2 Å². The van der Waals surface area contributed by atoms with Crippen LogP contribution in [0.3, 0.4) is 0 Å². The van der Waals surface area contributed by atoms with Gasteiger partial charge in [-0.3, -0.25) is 9.59 Å². The minimum atomic E-state index is -4.54. The Morgan fingerprint density at radius 3 is 2.28 bits per heavy atom. The fraction of sp³-hybridized carbons (Fsp3) is 0.333. The Labute approximate surface area is 192 Å². The summed E-state index contributed by atoms with van der Waals surface area (Å²) in [6.45, 7) is 2.91. The number of anilines is 1. The maximum atomic E-state index is 13.3. The van der Waals surface area contributed by atoms with Gasteiger partial charge in [-0.1, -0.05) is 30.1 Å². The van der Waals surface area contributed by atoms with Gasteiger partial charge < -0.3 is 20.5 Å². The lowest BCUT2D eigenvalue weighted by molar-refractivity contribution is -0.138. The van der Waals surface area contributed by atoms with E-state index in [1.807, 2.05) is 13.8 Å². The predicted molar refractivity (Wildman–Crippen MR) is 116 cm³/mol. The fourth-order valence-electron chi connectivity index (χ4n) is 2.65. The van der Waals surface area contributed by atoms with Crippen LogP contribution in [0.15, 0.2) is 30.3 Å². The average Bonchev–Trinajstić information content (AvgIpc) is 2.70. The van der Waals surface area contributed by atoms with E-state index in [0.717, 1.165) is 18.6 Å². The molecule has 0 aliphatic heterocycles. The number of alkyl halides is 3. The molecule has 0 heterocycles. The normalized spacial score (nSPS) is 12.2. The zero-order valence-corrected chi connectivity index (χ0v) is 18.7. The monoisotopic (exact) mass is 492 g/mol. The van der Waals surface area contributed by atoms with Gasteiger partial charge in [-0.2, -0.15) is 13.2 Å². The third-order valence-corrected chi connectivity index (χ3v) is 4.95. The van der Waals surface area contributed by atoms with E-state index >= 15 is 0 Å². The van der Waals surface area contributed by atoms with Crippen LogP contribution in [0, 0.1) is 0 Å². The van der Waals surface area contributed by atoms with Gasteiger partial charge in [-0.25, -0.2) is 0 Å². The van der Waals surface area contributed by atoms with Gasteiger partial charge in [-0.15, -0.1) is 0 Å². The highest BCUT2D eigenvalue weighted by Crippen LogP contribution is 2.36. The summed E-state index contributed by atoms with van der Waals surface area (Å²) in [5, 5.41) is 13.7. The number of carbonyl (C=O) groups is 2. The lowest BCUT2D eigenvalue weighted by Gasteiger charge is -2.18. The van der Waals surface area contributed by atoms with Gasteiger partial charge in [-0.05, 0) is 49.2 Å². The molecule has 0 aliphatic rings. The quantitative estimate of drug-likeness (QED) is 0.423. The lowest BCUT2D eigenvalue weighted by atomic mass is 10.1.